The van der Waals surface area contributed by atoms with Gasteiger partial charge in [0, 0.05) is 16.2 Å². The molecular weight excluding hydrogens is 320 g/mol. The molecule has 20 heavy (non-hydrogen) atoms. The van der Waals surface area contributed by atoms with Gasteiger partial charge >= 0.3 is 0 Å². The first kappa shape index (κ1) is 14.4. The highest BCUT2D eigenvalue weighted by atomic mass is 79.9. The molecule has 0 radical (unpaired) electrons. The van der Waals surface area contributed by atoms with Crippen molar-refractivity contribution in [3.05, 3.63) is 52.0 Å². The van der Waals surface area contributed by atoms with E-state index in [0.717, 1.165) is 10.0 Å². The molecule has 104 valence electrons. The number of anilines is 2. The highest BCUT2D eigenvalue weighted by Crippen LogP contribution is 2.26. The van der Waals surface area contributed by atoms with E-state index in [1.165, 1.54) is 7.11 Å². The van der Waals surface area contributed by atoms with Gasteiger partial charge in [0.05, 0.1) is 18.4 Å². The molecule has 0 saturated carbocycles. The molecule has 0 aliphatic heterocycles. The summed E-state index contributed by atoms with van der Waals surface area (Å²) in [4.78, 5) is 12.2. The summed E-state index contributed by atoms with van der Waals surface area (Å²) < 4.78 is 5.89. The van der Waals surface area contributed by atoms with Crippen molar-refractivity contribution in [2.24, 2.45) is 0 Å². The summed E-state index contributed by atoms with van der Waals surface area (Å²) in [5.74, 6) is 0.342. The summed E-state index contributed by atoms with van der Waals surface area (Å²) in [6.07, 6.45) is 0. The van der Waals surface area contributed by atoms with E-state index in [-0.39, 0.29) is 5.91 Å². The van der Waals surface area contributed by atoms with Crippen molar-refractivity contribution in [1.82, 2.24) is 0 Å². The highest BCUT2D eigenvalue weighted by molar-refractivity contribution is 9.10. The Morgan fingerprint density at radius 2 is 2.00 bits per heavy atom. The Morgan fingerprint density at radius 3 is 2.65 bits per heavy atom. The third-order valence-electron chi connectivity index (χ3n) is 2.86. The van der Waals surface area contributed by atoms with Crippen LogP contribution in [0.5, 0.6) is 5.75 Å². The fourth-order valence-corrected chi connectivity index (χ4v) is 2.46. The second kappa shape index (κ2) is 5.96. The van der Waals surface area contributed by atoms with Gasteiger partial charge in [-0.05, 0) is 52.7 Å². The van der Waals surface area contributed by atoms with Crippen molar-refractivity contribution >= 4 is 33.2 Å². The molecule has 2 rings (SSSR count). The van der Waals surface area contributed by atoms with Gasteiger partial charge in [0.15, 0.2) is 0 Å². The first-order chi connectivity index (χ1) is 9.51. The van der Waals surface area contributed by atoms with Crippen molar-refractivity contribution < 1.29 is 9.53 Å². The van der Waals surface area contributed by atoms with E-state index in [1.807, 2.05) is 19.1 Å². The molecule has 0 aliphatic rings. The average molecular weight is 335 g/mol. The first-order valence-corrected chi connectivity index (χ1v) is 6.81. The number of halogens is 1. The number of hydrogen-bond acceptors (Lipinski definition) is 3. The lowest BCUT2D eigenvalue weighted by Gasteiger charge is -2.10. The van der Waals surface area contributed by atoms with E-state index in [2.05, 4.69) is 21.2 Å². The smallest absolute Gasteiger partial charge is 0.256 e. The van der Waals surface area contributed by atoms with Crippen molar-refractivity contribution in [1.29, 1.82) is 0 Å². The molecule has 2 aromatic rings. The van der Waals surface area contributed by atoms with Gasteiger partial charge in [-0.1, -0.05) is 6.07 Å². The molecule has 0 bridgehead atoms. The van der Waals surface area contributed by atoms with Crippen LogP contribution in [0, 0.1) is 6.92 Å². The van der Waals surface area contributed by atoms with Crippen LogP contribution in [0.2, 0.25) is 0 Å². The molecule has 0 aliphatic carbocycles. The summed E-state index contributed by atoms with van der Waals surface area (Å²) in [7, 11) is 1.54. The van der Waals surface area contributed by atoms with Crippen LogP contribution in [-0.4, -0.2) is 13.0 Å². The number of hydrogen-bond donors (Lipinski definition) is 2. The number of methoxy groups -OCH3 is 1. The van der Waals surface area contributed by atoms with Gasteiger partial charge in [-0.25, -0.2) is 0 Å². The van der Waals surface area contributed by atoms with Crippen molar-refractivity contribution in [3.63, 3.8) is 0 Å². The molecule has 1 amide bonds. The number of nitrogens with one attached hydrogen (secondary N) is 1. The van der Waals surface area contributed by atoms with Crippen LogP contribution < -0.4 is 15.8 Å². The largest absolute Gasteiger partial charge is 0.495 e. The van der Waals surface area contributed by atoms with E-state index in [4.69, 9.17) is 10.5 Å². The van der Waals surface area contributed by atoms with Crippen LogP contribution in [-0.2, 0) is 0 Å². The van der Waals surface area contributed by atoms with Crippen LogP contribution in [0.25, 0.3) is 0 Å². The second-order valence-electron chi connectivity index (χ2n) is 4.39. The Hall–Kier alpha value is -2.01. The average Bonchev–Trinajstić information content (AvgIpc) is 2.40. The number of aryl methyl sites for hydroxylation is 1. The standard InChI is InChI=1S/C15H15BrN2O2/c1-9-3-5-11(12(16)7-9)15(19)18-10-4-6-13(17)14(8-10)20-2/h3-8H,17H2,1-2H3,(H,18,19). The van der Waals surface area contributed by atoms with Crippen LogP contribution >= 0.6 is 15.9 Å². The van der Waals surface area contributed by atoms with Gasteiger partial charge < -0.3 is 15.8 Å². The maximum absolute atomic E-state index is 12.2. The van der Waals surface area contributed by atoms with Crippen molar-refractivity contribution in [2.75, 3.05) is 18.2 Å². The number of ether oxygens (including phenoxy) is 1. The highest BCUT2D eigenvalue weighted by Gasteiger charge is 2.11. The summed E-state index contributed by atoms with van der Waals surface area (Å²) in [5.41, 5.74) is 8.56. The van der Waals surface area contributed by atoms with Crippen LogP contribution in [0.15, 0.2) is 40.9 Å². The Balaban J connectivity index is 2.23. The lowest BCUT2D eigenvalue weighted by Crippen LogP contribution is -2.12. The van der Waals surface area contributed by atoms with E-state index in [0.29, 0.717) is 22.7 Å². The number of amides is 1. The fourth-order valence-electron chi connectivity index (χ4n) is 1.79. The number of carbonyl (C=O) groups is 1. The molecule has 0 unspecified atom stereocenters. The number of nitrogens with two attached hydrogens (primary N) is 1. The lowest BCUT2D eigenvalue weighted by molar-refractivity contribution is 0.102. The number of carbonyl (C=O) groups excluding carboxylic acids is 1. The summed E-state index contributed by atoms with van der Waals surface area (Å²) in [6, 6.07) is 10.7. The summed E-state index contributed by atoms with van der Waals surface area (Å²) in [6.45, 7) is 1.97. The van der Waals surface area contributed by atoms with Crippen LogP contribution in [0.4, 0.5) is 11.4 Å². The topological polar surface area (TPSA) is 64.3 Å². The minimum absolute atomic E-state index is 0.191. The van der Waals surface area contributed by atoms with E-state index in [1.54, 1.807) is 24.3 Å². The molecule has 0 fully saturated rings. The Labute approximate surface area is 126 Å². The fraction of sp³-hybridized carbons (Fsp3) is 0.133. The van der Waals surface area contributed by atoms with Gasteiger partial charge in [0.1, 0.15) is 5.75 Å². The minimum Gasteiger partial charge on any atom is -0.495 e. The number of rotatable bonds is 3. The summed E-state index contributed by atoms with van der Waals surface area (Å²) >= 11 is 3.40. The van der Waals surface area contributed by atoms with E-state index < -0.39 is 0 Å². The quantitative estimate of drug-likeness (QED) is 0.843. The molecule has 0 heterocycles. The second-order valence-corrected chi connectivity index (χ2v) is 5.25. The predicted octanol–water partition coefficient (Wildman–Crippen LogP) is 3.60. The molecule has 4 nitrogen and oxygen atoms in total. The van der Waals surface area contributed by atoms with Gasteiger partial charge in [-0.3, -0.25) is 4.79 Å². The molecule has 3 N–H and O–H groups in total. The normalized spacial score (nSPS) is 10.2. The van der Waals surface area contributed by atoms with Gasteiger partial charge in [0.25, 0.3) is 5.91 Å². The molecule has 2 aromatic carbocycles. The number of nitrogen functional groups attached to an aromatic ring is 1. The molecule has 0 spiro atoms. The van der Waals surface area contributed by atoms with Gasteiger partial charge in [0.2, 0.25) is 0 Å². The lowest BCUT2D eigenvalue weighted by atomic mass is 10.1. The van der Waals surface area contributed by atoms with E-state index >= 15 is 0 Å². The first-order valence-electron chi connectivity index (χ1n) is 6.02. The van der Waals surface area contributed by atoms with Crippen molar-refractivity contribution in [2.45, 2.75) is 6.92 Å². The monoisotopic (exact) mass is 334 g/mol. The van der Waals surface area contributed by atoms with Gasteiger partial charge in [-0.15, -0.1) is 0 Å². The third-order valence-corrected chi connectivity index (χ3v) is 3.52. The predicted molar refractivity (Wildman–Crippen MR) is 84.2 cm³/mol. The zero-order valence-electron chi connectivity index (χ0n) is 11.2. The Bertz CT molecular complexity index is 656. The van der Waals surface area contributed by atoms with Crippen LogP contribution in [0.3, 0.4) is 0 Å². The molecule has 5 heteroatoms. The van der Waals surface area contributed by atoms with E-state index in [9.17, 15) is 4.79 Å². The van der Waals surface area contributed by atoms with Crippen molar-refractivity contribution in [3.8, 4) is 5.75 Å². The SMILES string of the molecule is COc1cc(NC(=O)c2ccc(C)cc2Br)ccc1N. The third kappa shape index (κ3) is 3.11. The molecular formula is C15H15BrN2O2. The number of benzene rings is 2. The maximum atomic E-state index is 12.2. The molecule has 0 saturated heterocycles. The zero-order chi connectivity index (χ0) is 14.7. The maximum Gasteiger partial charge on any atom is 0.256 e. The molecule has 0 aromatic heterocycles. The zero-order valence-corrected chi connectivity index (χ0v) is 12.8. The Kier molecular flexibility index (Phi) is 4.29. The van der Waals surface area contributed by atoms with Crippen LogP contribution in [0.1, 0.15) is 15.9 Å². The van der Waals surface area contributed by atoms with Gasteiger partial charge in [-0.2, -0.15) is 0 Å². The molecule has 0 atom stereocenters. The minimum atomic E-state index is -0.191. The summed E-state index contributed by atoms with van der Waals surface area (Å²) in [5, 5.41) is 2.82. The Morgan fingerprint density at radius 1 is 1.25 bits per heavy atom.